The van der Waals surface area contributed by atoms with Crippen LogP contribution in [0.2, 0.25) is 0 Å². The minimum absolute atomic E-state index is 0.0193. The molecule has 0 saturated heterocycles. The van der Waals surface area contributed by atoms with Crippen molar-refractivity contribution in [2.24, 2.45) is 0 Å². The Bertz CT molecular complexity index is 924. The van der Waals surface area contributed by atoms with Gasteiger partial charge in [0.2, 0.25) is 0 Å². The van der Waals surface area contributed by atoms with Crippen LogP contribution in [0.3, 0.4) is 0 Å². The van der Waals surface area contributed by atoms with Gasteiger partial charge in [0.05, 0.1) is 0 Å². The summed E-state index contributed by atoms with van der Waals surface area (Å²) in [6, 6.07) is 22.7. The van der Waals surface area contributed by atoms with Crippen molar-refractivity contribution in [3.05, 3.63) is 95.1 Å². The molecule has 0 fully saturated rings. The third-order valence-corrected chi connectivity index (χ3v) is 4.26. The molecule has 2 heteroatoms. The van der Waals surface area contributed by atoms with Crippen LogP contribution in [0.4, 0.5) is 0 Å². The van der Waals surface area contributed by atoms with Gasteiger partial charge in [0, 0.05) is 23.1 Å². The number of hydrogen-bond donors (Lipinski definition) is 0. The second kappa shape index (κ2) is 5.33. The molecule has 3 aromatic rings. The highest BCUT2D eigenvalue weighted by Crippen LogP contribution is 2.38. The smallest absolute Gasteiger partial charge is 0.195 e. The maximum atomic E-state index is 12.7. The molecule has 23 heavy (non-hydrogen) atoms. The molecule has 0 aliphatic heterocycles. The van der Waals surface area contributed by atoms with E-state index in [2.05, 4.69) is 0 Å². The first-order valence-corrected chi connectivity index (χ1v) is 7.60. The lowest BCUT2D eigenvalue weighted by atomic mass is 9.95. The molecule has 1 aliphatic rings. The van der Waals surface area contributed by atoms with E-state index in [0.29, 0.717) is 23.1 Å². The first-order valence-electron chi connectivity index (χ1n) is 7.60. The molecule has 110 valence electrons. The summed E-state index contributed by atoms with van der Waals surface area (Å²) < 4.78 is 0. The Labute approximate surface area is 134 Å². The van der Waals surface area contributed by atoms with Crippen LogP contribution < -0.4 is 0 Å². The molecular formula is C21H14O2. The van der Waals surface area contributed by atoms with Gasteiger partial charge in [0.25, 0.3) is 0 Å². The van der Waals surface area contributed by atoms with Gasteiger partial charge < -0.3 is 0 Å². The van der Waals surface area contributed by atoms with Crippen LogP contribution in [0.5, 0.6) is 0 Å². The second-order valence-electron chi connectivity index (χ2n) is 5.69. The Hall–Kier alpha value is -3.00. The highest BCUT2D eigenvalue weighted by molar-refractivity contribution is 6.26. The van der Waals surface area contributed by atoms with E-state index < -0.39 is 0 Å². The monoisotopic (exact) mass is 298 g/mol. The Morgan fingerprint density at radius 3 is 2.13 bits per heavy atom. The van der Waals surface area contributed by atoms with Gasteiger partial charge in [-0.25, -0.2) is 0 Å². The molecule has 0 spiro atoms. The maximum Gasteiger partial charge on any atom is 0.195 e. The number of carbonyl (C=O) groups excluding carboxylic acids is 2. The van der Waals surface area contributed by atoms with Crippen molar-refractivity contribution >= 4 is 11.6 Å². The van der Waals surface area contributed by atoms with Gasteiger partial charge in [-0.3, -0.25) is 9.59 Å². The minimum atomic E-state index is -0.0485. The van der Waals surface area contributed by atoms with Crippen LogP contribution in [0.1, 0.15) is 31.8 Å². The fourth-order valence-electron chi connectivity index (χ4n) is 3.18. The molecular weight excluding hydrogens is 284 g/mol. The van der Waals surface area contributed by atoms with Gasteiger partial charge in [0.1, 0.15) is 0 Å². The van der Waals surface area contributed by atoms with Crippen molar-refractivity contribution in [1.29, 1.82) is 0 Å². The fourth-order valence-corrected chi connectivity index (χ4v) is 3.18. The summed E-state index contributed by atoms with van der Waals surface area (Å²) in [4.78, 5) is 25.4. The highest BCUT2D eigenvalue weighted by Gasteiger charge is 2.30. The normalized spacial score (nSPS) is 11.9. The number of hydrogen-bond acceptors (Lipinski definition) is 2. The summed E-state index contributed by atoms with van der Waals surface area (Å²) in [7, 11) is 0. The SMILES string of the molecule is O=C(Cc1ccccc1)c1cccc2c1C(=O)c1ccccc1-2. The number of fused-ring (bicyclic) bond motifs is 3. The van der Waals surface area contributed by atoms with Crippen LogP contribution in [0.15, 0.2) is 72.8 Å². The van der Waals surface area contributed by atoms with E-state index in [1.54, 1.807) is 6.07 Å². The quantitative estimate of drug-likeness (QED) is 0.528. The van der Waals surface area contributed by atoms with E-state index in [1.807, 2.05) is 66.7 Å². The number of ketones is 2. The Morgan fingerprint density at radius 2 is 1.35 bits per heavy atom. The van der Waals surface area contributed by atoms with Crippen molar-refractivity contribution in [3.8, 4) is 11.1 Å². The van der Waals surface area contributed by atoms with Crippen molar-refractivity contribution in [1.82, 2.24) is 0 Å². The van der Waals surface area contributed by atoms with Crippen molar-refractivity contribution < 1.29 is 9.59 Å². The summed E-state index contributed by atoms with van der Waals surface area (Å²) in [5, 5.41) is 0. The molecule has 4 rings (SSSR count). The number of rotatable bonds is 3. The molecule has 0 amide bonds. The van der Waals surface area contributed by atoms with Gasteiger partial charge in [-0.05, 0) is 16.7 Å². The molecule has 0 unspecified atom stereocenters. The summed E-state index contributed by atoms with van der Waals surface area (Å²) in [6.07, 6.45) is 0.306. The largest absolute Gasteiger partial charge is 0.294 e. The predicted octanol–water partition coefficient (Wildman–Crippen LogP) is 4.32. The van der Waals surface area contributed by atoms with E-state index in [4.69, 9.17) is 0 Å². The van der Waals surface area contributed by atoms with Crippen LogP contribution >= 0.6 is 0 Å². The lowest BCUT2D eigenvalue weighted by Gasteiger charge is -2.07. The predicted molar refractivity (Wildman–Crippen MR) is 89.8 cm³/mol. The molecule has 3 aromatic carbocycles. The standard InChI is InChI=1S/C21H14O2/c22-19(13-14-7-2-1-3-8-14)18-12-6-11-16-15-9-4-5-10-17(15)21(23)20(16)18/h1-12H,13H2. The van der Waals surface area contributed by atoms with E-state index in [9.17, 15) is 9.59 Å². The molecule has 0 aromatic heterocycles. The molecule has 0 bridgehead atoms. The zero-order valence-corrected chi connectivity index (χ0v) is 12.5. The molecule has 2 nitrogen and oxygen atoms in total. The number of benzene rings is 3. The fraction of sp³-hybridized carbons (Fsp3) is 0.0476. The van der Waals surface area contributed by atoms with Crippen LogP contribution in [0, 0.1) is 0 Å². The first kappa shape index (κ1) is 13.6. The van der Waals surface area contributed by atoms with E-state index in [1.165, 1.54) is 0 Å². The highest BCUT2D eigenvalue weighted by atomic mass is 16.1. The Morgan fingerprint density at radius 1 is 0.696 bits per heavy atom. The number of Topliss-reactive ketones (excluding diaryl/α,β-unsaturated/α-hetero) is 1. The van der Waals surface area contributed by atoms with Crippen molar-refractivity contribution in [2.75, 3.05) is 0 Å². The van der Waals surface area contributed by atoms with E-state index in [-0.39, 0.29) is 11.6 Å². The lowest BCUT2D eigenvalue weighted by molar-refractivity contribution is 0.0977. The summed E-state index contributed by atoms with van der Waals surface area (Å²) >= 11 is 0. The third-order valence-electron chi connectivity index (χ3n) is 4.26. The van der Waals surface area contributed by atoms with Crippen LogP contribution in [0.25, 0.3) is 11.1 Å². The third kappa shape index (κ3) is 2.20. The lowest BCUT2D eigenvalue weighted by Crippen LogP contribution is -2.10. The Balaban J connectivity index is 1.78. The van der Waals surface area contributed by atoms with Gasteiger partial charge >= 0.3 is 0 Å². The first-order chi connectivity index (χ1) is 11.3. The van der Waals surface area contributed by atoms with Gasteiger partial charge in [-0.15, -0.1) is 0 Å². The average molecular weight is 298 g/mol. The van der Waals surface area contributed by atoms with E-state index in [0.717, 1.165) is 16.7 Å². The summed E-state index contributed by atoms with van der Waals surface area (Å²) in [5.41, 5.74) is 4.49. The molecule has 0 heterocycles. The second-order valence-corrected chi connectivity index (χ2v) is 5.69. The van der Waals surface area contributed by atoms with E-state index >= 15 is 0 Å². The van der Waals surface area contributed by atoms with Gasteiger partial charge in [-0.2, -0.15) is 0 Å². The van der Waals surface area contributed by atoms with Gasteiger partial charge in [-0.1, -0.05) is 72.8 Å². The molecule has 1 aliphatic carbocycles. The molecule has 0 atom stereocenters. The van der Waals surface area contributed by atoms with Crippen LogP contribution in [-0.2, 0) is 6.42 Å². The number of carbonyl (C=O) groups is 2. The van der Waals surface area contributed by atoms with Crippen LogP contribution in [-0.4, -0.2) is 11.6 Å². The van der Waals surface area contributed by atoms with Gasteiger partial charge in [0.15, 0.2) is 11.6 Å². The maximum absolute atomic E-state index is 12.7. The van der Waals surface area contributed by atoms with Crippen molar-refractivity contribution in [2.45, 2.75) is 6.42 Å². The Kier molecular flexibility index (Phi) is 3.16. The molecule has 0 saturated carbocycles. The average Bonchev–Trinajstić information content (AvgIpc) is 2.89. The van der Waals surface area contributed by atoms with Crippen molar-refractivity contribution in [3.63, 3.8) is 0 Å². The molecule has 0 N–H and O–H groups in total. The zero-order chi connectivity index (χ0) is 15.8. The molecule has 0 radical (unpaired) electrons. The topological polar surface area (TPSA) is 34.1 Å². The summed E-state index contributed by atoms with van der Waals surface area (Å²) in [6.45, 7) is 0. The zero-order valence-electron chi connectivity index (χ0n) is 12.5. The summed E-state index contributed by atoms with van der Waals surface area (Å²) in [5.74, 6) is -0.0678. The minimum Gasteiger partial charge on any atom is -0.294 e.